The van der Waals surface area contributed by atoms with Gasteiger partial charge in [0, 0.05) is 11.4 Å². The fourth-order valence-electron chi connectivity index (χ4n) is 1.83. The second-order valence-corrected chi connectivity index (χ2v) is 6.09. The normalized spacial score (nSPS) is 11.8. The van der Waals surface area contributed by atoms with Gasteiger partial charge in [-0.25, -0.2) is 4.98 Å². The standard InChI is InChI=1S/C14H23NS2/c1-5-14(6-2,9-16)10-17-13-8-11(3)7-12(4)15-13/h7-8,16H,5-6,9-10H2,1-4H3. The second kappa shape index (κ2) is 6.69. The van der Waals surface area contributed by atoms with Gasteiger partial charge in [0.25, 0.3) is 0 Å². The first-order valence-electron chi connectivity index (χ1n) is 6.24. The van der Waals surface area contributed by atoms with Gasteiger partial charge in [-0.05, 0) is 55.6 Å². The average Bonchev–Trinajstić information content (AvgIpc) is 2.30. The van der Waals surface area contributed by atoms with Crippen molar-refractivity contribution in [3.05, 3.63) is 23.4 Å². The molecule has 0 aliphatic carbocycles. The van der Waals surface area contributed by atoms with Crippen LogP contribution in [0.1, 0.15) is 37.9 Å². The third-order valence-electron chi connectivity index (χ3n) is 3.44. The first-order chi connectivity index (χ1) is 8.05. The molecular formula is C14H23NS2. The zero-order chi connectivity index (χ0) is 12.9. The number of hydrogen-bond donors (Lipinski definition) is 1. The van der Waals surface area contributed by atoms with E-state index in [9.17, 15) is 0 Å². The van der Waals surface area contributed by atoms with Crippen LogP contribution in [-0.4, -0.2) is 16.5 Å². The van der Waals surface area contributed by atoms with Gasteiger partial charge in [0.1, 0.15) is 0 Å². The van der Waals surface area contributed by atoms with E-state index >= 15 is 0 Å². The van der Waals surface area contributed by atoms with Crippen molar-refractivity contribution in [2.24, 2.45) is 5.41 Å². The van der Waals surface area contributed by atoms with E-state index in [4.69, 9.17) is 0 Å². The van der Waals surface area contributed by atoms with Crippen molar-refractivity contribution in [3.8, 4) is 0 Å². The molecule has 0 amide bonds. The fourth-order valence-corrected chi connectivity index (χ4v) is 3.98. The molecule has 1 rings (SSSR count). The van der Waals surface area contributed by atoms with Crippen molar-refractivity contribution < 1.29 is 0 Å². The van der Waals surface area contributed by atoms with Crippen LogP contribution in [0.4, 0.5) is 0 Å². The van der Waals surface area contributed by atoms with Gasteiger partial charge in [-0.15, -0.1) is 11.8 Å². The zero-order valence-electron chi connectivity index (χ0n) is 11.3. The molecule has 1 nitrogen and oxygen atoms in total. The molecule has 3 heteroatoms. The molecule has 0 saturated carbocycles. The molecule has 0 radical (unpaired) electrons. The Kier molecular flexibility index (Phi) is 5.87. The summed E-state index contributed by atoms with van der Waals surface area (Å²) >= 11 is 6.38. The van der Waals surface area contributed by atoms with E-state index in [1.165, 1.54) is 18.4 Å². The Morgan fingerprint density at radius 1 is 1.24 bits per heavy atom. The number of thiol groups is 1. The van der Waals surface area contributed by atoms with Crippen LogP contribution in [0.5, 0.6) is 0 Å². The van der Waals surface area contributed by atoms with E-state index in [0.717, 1.165) is 22.2 Å². The summed E-state index contributed by atoms with van der Waals surface area (Å²) in [4.78, 5) is 4.58. The highest BCUT2D eigenvalue weighted by molar-refractivity contribution is 7.99. The lowest BCUT2D eigenvalue weighted by Gasteiger charge is -2.29. The highest BCUT2D eigenvalue weighted by Gasteiger charge is 2.24. The van der Waals surface area contributed by atoms with Crippen LogP contribution in [0.15, 0.2) is 17.2 Å². The molecular weight excluding hydrogens is 246 g/mol. The number of aryl methyl sites for hydroxylation is 2. The highest BCUT2D eigenvalue weighted by Crippen LogP contribution is 2.34. The molecule has 0 saturated heterocycles. The van der Waals surface area contributed by atoms with E-state index in [0.29, 0.717) is 5.41 Å². The molecule has 0 aliphatic rings. The quantitative estimate of drug-likeness (QED) is 0.602. The van der Waals surface area contributed by atoms with Crippen molar-refractivity contribution >= 4 is 24.4 Å². The third-order valence-corrected chi connectivity index (χ3v) is 5.37. The SMILES string of the molecule is CCC(CC)(CS)CSc1cc(C)cc(C)n1. The molecule has 96 valence electrons. The van der Waals surface area contributed by atoms with Crippen molar-refractivity contribution in [1.29, 1.82) is 0 Å². The summed E-state index contributed by atoms with van der Waals surface area (Å²) in [5.74, 6) is 2.07. The van der Waals surface area contributed by atoms with Crippen molar-refractivity contribution in [2.75, 3.05) is 11.5 Å². The van der Waals surface area contributed by atoms with E-state index in [-0.39, 0.29) is 0 Å². The molecule has 17 heavy (non-hydrogen) atoms. The predicted molar refractivity (Wildman–Crippen MR) is 81.3 cm³/mol. The van der Waals surface area contributed by atoms with Gasteiger partial charge < -0.3 is 0 Å². The minimum Gasteiger partial charge on any atom is -0.247 e. The molecule has 0 N–H and O–H groups in total. The average molecular weight is 269 g/mol. The first kappa shape index (κ1) is 14.9. The Bertz CT molecular complexity index is 331. The Morgan fingerprint density at radius 3 is 2.35 bits per heavy atom. The number of pyridine rings is 1. The van der Waals surface area contributed by atoms with Crippen LogP contribution < -0.4 is 0 Å². The maximum absolute atomic E-state index is 4.58. The van der Waals surface area contributed by atoms with Crippen LogP contribution in [0.25, 0.3) is 0 Å². The summed E-state index contributed by atoms with van der Waals surface area (Å²) < 4.78 is 0. The molecule has 0 aromatic carbocycles. The van der Waals surface area contributed by atoms with Gasteiger partial charge in [0.15, 0.2) is 0 Å². The lowest BCUT2D eigenvalue weighted by atomic mass is 9.87. The van der Waals surface area contributed by atoms with Gasteiger partial charge in [-0.1, -0.05) is 13.8 Å². The van der Waals surface area contributed by atoms with Gasteiger partial charge in [0.05, 0.1) is 5.03 Å². The van der Waals surface area contributed by atoms with Crippen LogP contribution in [-0.2, 0) is 0 Å². The first-order valence-corrected chi connectivity index (χ1v) is 7.86. The number of aromatic nitrogens is 1. The highest BCUT2D eigenvalue weighted by atomic mass is 32.2. The number of thioether (sulfide) groups is 1. The number of nitrogens with zero attached hydrogens (tertiary/aromatic N) is 1. The van der Waals surface area contributed by atoms with Crippen LogP contribution in [0.3, 0.4) is 0 Å². The predicted octanol–water partition coefficient (Wildman–Crippen LogP) is 4.53. The largest absolute Gasteiger partial charge is 0.247 e. The number of rotatable bonds is 6. The Balaban J connectivity index is 2.71. The maximum Gasteiger partial charge on any atom is 0.0965 e. The van der Waals surface area contributed by atoms with Crippen LogP contribution >= 0.6 is 24.4 Å². The van der Waals surface area contributed by atoms with Crippen molar-refractivity contribution in [1.82, 2.24) is 4.98 Å². The minimum absolute atomic E-state index is 0.354. The minimum atomic E-state index is 0.354. The lowest BCUT2D eigenvalue weighted by Crippen LogP contribution is -2.24. The third kappa shape index (κ3) is 4.22. The van der Waals surface area contributed by atoms with Crippen molar-refractivity contribution in [3.63, 3.8) is 0 Å². The molecule has 0 atom stereocenters. The monoisotopic (exact) mass is 269 g/mol. The Labute approximate surface area is 115 Å². The van der Waals surface area contributed by atoms with E-state index < -0.39 is 0 Å². The van der Waals surface area contributed by atoms with Crippen molar-refractivity contribution in [2.45, 2.75) is 45.6 Å². The Hall–Kier alpha value is -0.150. The van der Waals surface area contributed by atoms with Crippen LogP contribution in [0.2, 0.25) is 0 Å². The molecule has 0 fully saturated rings. The van der Waals surface area contributed by atoms with E-state index in [1.54, 1.807) is 0 Å². The van der Waals surface area contributed by atoms with Gasteiger partial charge in [0.2, 0.25) is 0 Å². The van der Waals surface area contributed by atoms with E-state index in [2.05, 4.69) is 57.4 Å². The number of hydrogen-bond acceptors (Lipinski definition) is 3. The molecule has 1 aromatic rings. The summed E-state index contributed by atoms with van der Waals surface area (Å²) in [5.41, 5.74) is 2.76. The topological polar surface area (TPSA) is 12.9 Å². The molecule has 1 aromatic heterocycles. The summed E-state index contributed by atoms with van der Waals surface area (Å²) in [6.07, 6.45) is 2.37. The summed E-state index contributed by atoms with van der Waals surface area (Å²) in [6, 6.07) is 4.29. The van der Waals surface area contributed by atoms with E-state index in [1.807, 2.05) is 11.8 Å². The lowest BCUT2D eigenvalue weighted by molar-refractivity contribution is 0.357. The van der Waals surface area contributed by atoms with Gasteiger partial charge in [-0.2, -0.15) is 12.6 Å². The second-order valence-electron chi connectivity index (χ2n) is 4.78. The summed E-state index contributed by atoms with van der Waals surface area (Å²) in [5, 5.41) is 1.15. The fraction of sp³-hybridized carbons (Fsp3) is 0.643. The molecule has 0 unspecified atom stereocenters. The molecule has 0 bridgehead atoms. The maximum atomic E-state index is 4.58. The molecule has 0 spiro atoms. The molecule has 0 aliphatic heterocycles. The summed E-state index contributed by atoms with van der Waals surface area (Å²) in [7, 11) is 0. The van der Waals surface area contributed by atoms with Gasteiger partial charge in [-0.3, -0.25) is 0 Å². The van der Waals surface area contributed by atoms with Crippen LogP contribution in [0, 0.1) is 19.3 Å². The summed E-state index contributed by atoms with van der Waals surface area (Å²) in [6.45, 7) is 8.71. The zero-order valence-corrected chi connectivity index (χ0v) is 13.0. The Morgan fingerprint density at radius 2 is 1.88 bits per heavy atom. The molecule has 1 heterocycles. The van der Waals surface area contributed by atoms with Gasteiger partial charge >= 0.3 is 0 Å². The smallest absolute Gasteiger partial charge is 0.0965 e.